The molecule has 6 heteroatoms. The number of benzene rings is 2. The molecular formula is C15H10ClF4P. The monoisotopic (exact) mass is 332 g/mol. The molecule has 2 aromatic carbocycles. The lowest BCUT2D eigenvalue weighted by Gasteiger charge is -2.27. The highest BCUT2D eigenvalue weighted by atomic mass is 35.5. The van der Waals surface area contributed by atoms with Crippen LogP contribution in [0.15, 0.2) is 71.8 Å². The van der Waals surface area contributed by atoms with Gasteiger partial charge in [-0.2, -0.15) is 17.6 Å². The Kier molecular flexibility index (Phi) is 5.02. The van der Waals surface area contributed by atoms with Crippen molar-refractivity contribution in [3.05, 3.63) is 71.8 Å². The Morgan fingerprint density at radius 2 is 1.19 bits per heavy atom. The van der Waals surface area contributed by atoms with Gasteiger partial charge in [0.05, 0.1) is 0 Å². The van der Waals surface area contributed by atoms with E-state index >= 15 is 0 Å². The van der Waals surface area contributed by atoms with Crippen LogP contribution in [0.25, 0.3) is 0 Å². The third-order valence-corrected chi connectivity index (χ3v) is 5.67. The van der Waals surface area contributed by atoms with Crippen LogP contribution >= 0.6 is 19.5 Å². The van der Waals surface area contributed by atoms with Crippen LogP contribution in [0.2, 0.25) is 0 Å². The SMILES string of the molecule is FC(F)=C(Cl)C(F)(F)P(c1ccccc1)c1ccccc1. The smallest absolute Gasteiger partial charge is 0.194 e. The van der Waals surface area contributed by atoms with Crippen LogP contribution in [0.5, 0.6) is 0 Å². The number of halogens is 5. The van der Waals surface area contributed by atoms with Gasteiger partial charge in [0.15, 0.2) is 5.03 Å². The van der Waals surface area contributed by atoms with Crippen LogP contribution in [0, 0.1) is 0 Å². The third kappa shape index (κ3) is 3.45. The van der Waals surface area contributed by atoms with E-state index in [0.717, 1.165) is 0 Å². The number of hydrogen-bond acceptors (Lipinski definition) is 0. The average Bonchev–Trinajstić information content (AvgIpc) is 2.48. The summed E-state index contributed by atoms with van der Waals surface area (Å²) >= 11 is 5.20. The topological polar surface area (TPSA) is 0 Å². The Labute approximate surface area is 125 Å². The minimum atomic E-state index is -3.83. The molecule has 0 aliphatic rings. The maximum absolute atomic E-state index is 14.5. The maximum Gasteiger partial charge on any atom is 0.313 e. The average molecular weight is 333 g/mol. The molecule has 0 bridgehead atoms. The first-order valence-electron chi connectivity index (χ1n) is 5.94. The molecule has 0 nitrogen and oxygen atoms in total. The lowest BCUT2D eigenvalue weighted by Crippen LogP contribution is -2.27. The van der Waals surface area contributed by atoms with Gasteiger partial charge in [-0.3, -0.25) is 0 Å². The molecule has 0 heterocycles. The maximum atomic E-state index is 14.5. The zero-order valence-corrected chi connectivity index (χ0v) is 12.3. The van der Waals surface area contributed by atoms with Gasteiger partial charge in [0.1, 0.15) is 0 Å². The van der Waals surface area contributed by atoms with Gasteiger partial charge in [0, 0.05) is 7.92 Å². The Balaban J connectivity index is 2.60. The molecule has 2 rings (SSSR count). The van der Waals surface area contributed by atoms with Crippen LogP contribution in [0.4, 0.5) is 17.6 Å². The Bertz CT molecular complexity index is 585. The first-order chi connectivity index (χ1) is 9.94. The Morgan fingerprint density at radius 1 is 0.810 bits per heavy atom. The summed E-state index contributed by atoms with van der Waals surface area (Å²) in [5.74, 6) is 0. The van der Waals surface area contributed by atoms with E-state index in [4.69, 9.17) is 11.6 Å². The van der Waals surface area contributed by atoms with Gasteiger partial charge in [-0.05, 0) is 10.6 Å². The molecule has 0 amide bonds. The van der Waals surface area contributed by atoms with Crippen LogP contribution < -0.4 is 10.6 Å². The largest absolute Gasteiger partial charge is 0.313 e. The van der Waals surface area contributed by atoms with Crippen molar-refractivity contribution in [1.82, 2.24) is 0 Å². The molecule has 0 saturated heterocycles. The van der Waals surface area contributed by atoms with Crippen molar-refractivity contribution < 1.29 is 17.6 Å². The summed E-state index contributed by atoms with van der Waals surface area (Å²) in [6.07, 6.45) is -2.55. The Hall–Kier alpha value is -1.38. The van der Waals surface area contributed by atoms with Gasteiger partial charge >= 0.3 is 5.66 Å². The van der Waals surface area contributed by atoms with Crippen molar-refractivity contribution in [1.29, 1.82) is 0 Å². The van der Waals surface area contributed by atoms with E-state index in [-0.39, 0.29) is 10.6 Å². The van der Waals surface area contributed by atoms with Crippen LogP contribution in [-0.2, 0) is 0 Å². The van der Waals surface area contributed by atoms with Crippen molar-refractivity contribution in [3.63, 3.8) is 0 Å². The van der Waals surface area contributed by atoms with Crippen LogP contribution in [0.3, 0.4) is 0 Å². The molecule has 0 atom stereocenters. The number of rotatable bonds is 4. The molecule has 0 aromatic heterocycles. The molecular weight excluding hydrogens is 323 g/mol. The number of alkyl halides is 2. The molecule has 110 valence electrons. The predicted molar refractivity (Wildman–Crippen MR) is 79.1 cm³/mol. The van der Waals surface area contributed by atoms with Crippen molar-refractivity contribution in [2.24, 2.45) is 0 Å². The molecule has 0 aliphatic carbocycles. The highest BCUT2D eigenvalue weighted by molar-refractivity contribution is 7.74. The van der Waals surface area contributed by atoms with Gasteiger partial charge < -0.3 is 0 Å². The minimum absolute atomic E-state index is 0.281. The standard InChI is InChI=1S/C15H10ClF4P/c16-13(14(17)18)15(19,20)21(11-7-3-1-4-8-11)12-9-5-2-6-10-12/h1-10H. The molecule has 0 saturated carbocycles. The van der Waals surface area contributed by atoms with Crippen LogP contribution in [-0.4, -0.2) is 5.66 Å². The third-order valence-electron chi connectivity index (χ3n) is 2.74. The minimum Gasteiger partial charge on any atom is -0.194 e. The van der Waals surface area contributed by atoms with E-state index in [1.807, 2.05) is 0 Å². The normalized spacial score (nSPS) is 11.5. The Morgan fingerprint density at radius 3 is 1.52 bits per heavy atom. The highest BCUT2D eigenvalue weighted by Gasteiger charge is 2.46. The fourth-order valence-electron chi connectivity index (χ4n) is 1.84. The summed E-state index contributed by atoms with van der Waals surface area (Å²) in [6.45, 7) is 0. The molecule has 0 unspecified atom stereocenters. The molecule has 21 heavy (non-hydrogen) atoms. The van der Waals surface area contributed by atoms with E-state index in [2.05, 4.69) is 0 Å². The second-order valence-electron chi connectivity index (χ2n) is 4.12. The van der Waals surface area contributed by atoms with Crippen molar-refractivity contribution in [3.8, 4) is 0 Å². The second kappa shape index (κ2) is 6.59. The molecule has 0 fully saturated rings. The first kappa shape index (κ1) is 16.0. The van der Waals surface area contributed by atoms with Crippen molar-refractivity contribution in [2.45, 2.75) is 5.66 Å². The van der Waals surface area contributed by atoms with Crippen molar-refractivity contribution in [2.75, 3.05) is 0 Å². The lowest BCUT2D eigenvalue weighted by molar-refractivity contribution is 0.144. The number of allylic oxidation sites excluding steroid dienone is 1. The highest BCUT2D eigenvalue weighted by Crippen LogP contribution is 2.56. The second-order valence-corrected chi connectivity index (χ2v) is 6.77. The first-order valence-corrected chi connectivity index (χ1v) is 7.66. The fraction of sp³-hybridized carbons (Fsp3) is 0.0667. The summed E-state index contributed by atoms with van der Waals surface area (Å²) in [6, 6.07) is 15.7. The van der Waals surface area contributed by atoms with E-state index in [1.54, 1.807) is 36.4 Å². The van der Waals surface area contributed by atoms with Gasteiger partial charge in [0.25, 0.3) is 6.08 Å². The van der Waals surface area contributed by atoms with Gasteiger partial charge in [-0.1, -0.05) is 72.3 Å². The van der Waals surface area contributed by atoms with E-state index < -0.39 is 24.7 Å². The molecule has 2 aromatic rings. The zero-order chi connectivity index (χ0) is 15.5. The summed E-state index contributed by atoms with van der Waals surface area (Å²) < 4.78 is 54.1. The summed E-state index contributed by atoms with van der Waals surface area (Å²) in [5.41, 5.74) is -3.83. The fourth-order valence-corrected chi connectivity index (χ4v) is 4.26. The summed E-state index contributed by atoms with van der Waals surface area (Å²) in [5, 5.41) is -1.13. The van der Waals surface area contributed by atoms with Gasteiger partial charge in [-0.25, -0.2) is 0 Å². The summed E-state index contributed by atoms with van der Waals surface area (Å²) in [7, 11) is -2.37. The summed E-state index contributed by atoms with van der Waals surface area (Å²) in [4.78, 5) is 0. The molecule has 0 spiro atoms. The zero-order valence-electron chi connectivity index (χ0n) is 10.6. The molecule has 0 aliphatic heterocycles. The molecule has 0 radical (unpaired) electrons. The predicted octanol–water partition coefficient (Wildman–Crippen LogP) is 5.06. The lowest BCUT2D eigenvalue weighted by atomic mass is 10.4. The van der Waals surface area contributed by atoms with E-state index in [0.29, 0.717) is 0 Å². The number of hydrogen-bond donors (Lipinski definition) is 0. The quantitative estimate of drug-likeness (QED) is 0.542. The van der Waals surface area contributed by atoms with Gasteiger partial charge in [-0.15, -0.1) is 0 Å². The van der Waals surface area contributed by atoms with Crippen molar-refractivity contribution >= 4 is 30.1 Å². The van der Waals surface area contributed by atoms with E-state index in [1.165, 1.54) is 24.3 Å². The van der Waals surface area contributed by atoms with Crippen LogP contribution in [0.1, 0.15) is 0 Å². The molecule has 0 N–H and O–H groups in total. The van der Waals surface area contributed by atoms with Gasteiger partial charge in [0.2, 0.25) is 0 Å². The van der Waals surface area contributed by atoms with E-state index in [9.17, 15) is 17.6 Å².